The number of aliphatic hydroxyl groups is 1. The first-order valence-electron chi connectivity index (χ1n) is 8.13. The van der Waals surface area contributed by atoms with Crippen LogP contribution >= 0.6 is 0 Å². The van der Waals surface area contributed by atoms with Crippen LogP contribution in [0.4, 0.5) is 0 Å². The third-order valence-corrected chi connectivity index (χ3v) is 4.32. The molecule has 6 heteroatoms. The maximum absolute atomic E-state index is 10.5. The Balaban J connectivity index is 1.63. The summed E-state index contributed by atoms with van der Waals surface area (Å²) < 4.78 is 7.86. The van der Waals surface area contributed by atoms with Gasteiger partial charge in [-0.25, -0.2) is 0 Å². The zero-order valence-corrected chi connectivity index (χ0v) is 13.7. The number of hydrogen-bond donors (Lipinski definition) is 1. The van der Waals surface area contributed by atoms with Crippen molar-refractivity contribution >= 4 is 0 Å². The normalized spacial score (nSPS) is 20.6. The lowest BCUT2D eigenvalue weighted by molar-refractivity contribution is -0.0476. The van der Waals surface area contributed by atoms with Gasteiger partial charge in [0, 0.05) is 26.2 Å². The van der Waals surface area contributed by atoms with E-state index in [0.717, 1.165) is 31.0 Å². The fraction of sp³-hybridized carbons (Fsp3) is 0.529. The van der Waals surface area contributed by atoms with Crippen molar-refractivity contribution in [2.75, 3.05) is 26.2 Å². The van der Waals surface area contributed by atoms with Crippen LogP contribution in [0, 0.1) is 6.92 Å². The maximum atomic E-state index is 10.5. The van der Waals surface area contributed by atoms with Crippen LogP contribution in [0.25, 0.3) is 0 Å². The van der Waals surface area contributed by atoms with Crippen molar-refractivity contribution in [2.24, 2.45) is 0 Å². The summed E-state index contributed by atoms with van der Waals surface area (Å²) in [7, 11) is 0. The van der Waals surface area contributed by atoms with E-state index in [2.05, 4.69) is 22.0 Å². The summed E-state index contributed by atoms with van der Waals surface area (Å²) >= 11 is 0. The van der Waals surface area contributed by atoms with Crippen LogP contribution in [0.1, 0.15) is 36.1 Å². The third-order valence-electron chi connectivity index (χ3n) is 4.32. The summed E-state index contributed by atoms with van der Waals surface area (Å²) in [6, 6.07) is 8.05. The first-order valence-corrected chi connectivity index (χ1v) is 8.13. The molecule has 1 fully saturated rings. The van der Waals surface area contributed by atoms with Gasteiger partial charge >= 0.3 is 0 Å². The third kappa shape index (κ3) is 3.77. The van der Waals surface area contributed by atoms with Gasteiger partial charge in [-0.2, -0.15) is 0 Å². The molecule has 1 aromatic carbocycles. The van der Waals surface area contributed by atoms with E-state index in [4.69, 9.17) is 4.74 Å². The van der Waals surface area contributed by atoms with Crippen molar-refractivity contribution in [3.63, 3.8) is 0 Å². The summed E-state index contributed by atoms with van der Waals surface area (Å²) in [5.41, 5.74) is 2.15. The number of aromatic nitrogens is 3. The first-order chi connectivity index (χ1) is 11.2. The Hall–Kier alpha value is -1.76. The first kappa shape index (κ1) is 16.1. The highest BCUT2D eigenvalue weighted by atomic mass is 16.5. The highest BCUT2D eigenvalue weighted by molar-refractivity contribution is 5.23. The van der Waals surface area contributed by atoms with Gasteiger partial charge in [0.2, 0.25) is 0 Å². The second-order valence-electron chi connectivity index (χ2n) is 6.02. The Kier molecular flexibility index (Phi) is 5.05. The van der Waals surface area contributed by atoms with E-state index in [1.54, 1.807) is 6.33 Å². The molecule has 0 amide bonds. The highest BCUT2D eigenvalue weighted by Gasteiger charge is 2.27. The van der Waals surface area contributed by atoms with Crippen LogP contribution in [0.15, 0.2) is 30.6 Å². The number of ether oxygens (including phenoxy) is 1. The SMILES string of the molecule is CCn1cnnc1C1CN(CC(O)c2ccc(C)cc2)CCO1. The fourth-order valence-electron chi connectivity index (χ4n) is 2.92. The van der Waals surface area contributed by atoms with Crippen molar-refractivity contribution in [3.05, 3.63) is 47.5 Å². The van der Waals surface area contributed by atoms with E-state index in [9.17, 15) is 5.11 Å². The van der Waals surface area contributed by atoms with Gasteiger partial charge in [0.15, 0.2) is 5.82 Å². The predicted molar refractivity (Wildman–Crippen MR) is 87.0 cm³/mol. The molecule has 2 unspecified atom stereocenters. The van der Waals surface area contributed by atoms with Crippen molar-refractivity contribution in [3.8, 4) is 0 Å². The summed E-state index contributed by atoms with van der Waals surface area (Å²) in [4.78, 5) is 2.23. The van der Waals surface area contributed by atoms with Gasteiger partial charge in [-0.1, -0.05) is 29.8 Å². The molecule has 1 aliphatic rings. The minimum atomic E-state index is -0.488. The van der Waals surface area contributed by atoms with Gasteiger partial charge in [0.25, 0.3) is 0 Å². The predicted octanol–water partition coefficient (Wildman–Crippen LogP) is 1.71. The molecule has 1 N–H and O–H groups in total. The molecule has 0 aliphatic carbocycles. The molecule has 1 saturated heterocycles. The number of β-amino-alcohol motifs (C(OH)–C–C–N with tert-alkyl or cyclic N) is 1. The molecule has 2 atom stereocenters. The molecule has 1 aliphatic heterocycles. The highest BCUT2D eigenvalue weighted by Crippen LogP contribution is 2.23. The Morgan fingerprint density at radius 3 is 2.87 bits per heavy atom. The van der Waals surface area contributed by atoms with Crippen molar-refractivity contribution in [2.45, 2.75) is 32.6 Å². The molecule has 0 bridgehead atoms. The minimum Gasteiger partial charge on any atom is -0.387 e. The van der Waals surface area contributed by atoms with Crippen LogP contribution in [-0.4, -0.2) is 51.0 Å². The summed E-state index contributed by atoms with van der Waals surface area (Å²) in [5, 5.41) is 18.6. The largest absolute Gasteiger partial charge is 0.387 e. The van der Waals surface area contributed by atoms with Crippen LogP contribution < -0.4 is 0 Å². The van der Waals surface area contributed by atoms with Gasteiger partial charge in [-0.15, -0.1) is 10.2 Å². The average molecular weight is 316 g/mol. The van der Waals surface area contributed by atoms with Gasteiger partial charge in [-0.3, -0.25) is 4.90 Å². The van der Waals surface area contributed by atoms with E-state index < -0.39 is 6.10 Å². The molecule has 0 spiro atoms. The Bertz CT molecular complexity index is 626. The molecular weight excluding hydrogens is 292 g/mol. The van der Waals surface area contributed by atoms with E-state index in [1.165, 1.54) is 5.56 Å². The molecule has 1 aromatic heterocycles. The number of morpholine rings is 1. The topological polar surface area (TPSA) is 63.4 Å². The fourth-order valence-corrected chi connectivity index (χ4v) is 2.92. The van der Waals surface area contributed by atoms with Crippen LogP contribution in [0.5, 0.6) is 0 Å². The number of rotatable bonds is 5. The molecule has 6 nitrogen and oxygen atoms in total. The molecule has 0 radical (unpaired) electrons. The van der Waals surface area contributed by atoms with Gasteiger partial charge in [0.05, 0.1) is 12.7 Å². The van der Waals surface area contributed by atoms with E-state index in [1.807, 2.05) is 35.8 Å². The number of aryl methyl sites for hydroxylation is 2. The van der Waals surface area contributed by atoms with E-state index in [-0.39, 0.29) is 6.10 Å². The zero-order chi connectivity index (χ0) is 16.2. The van der Waals surface area contributed by atoms with Crippen LogP contribution in [-0.2, 0) is 11.3 Å². The van der Waals surface area contributed by atoms with Gasteiger partial charge in [0.1, 0.15) is 12.4 Å². The van der Waals surface area contributed by atoms with E-state index >= 15 is 0 Å². The lowest BCUT2D eigenvalue weighted by Crippen LogP contribution is -2.41. The average Bonchev–Trinajstić information content (AvgIpc) is 3.04. The molecule has 3 rings (SSSR count). The molecule has 124 valence electrons. The Morgan fingerprint density at radius 2 is 2.13 bits per heavy atom. The lowest BCUT2D eigenvalue weighted by atomic mass is 10.1. The van der Waals surface area contributed by atoms with E-state index in [0.29, 0.717) is 13.2 Å². The Labute approximate surface area is 136 Å². The summed E-state index contributed by atoms with van der Waals surface area (Å²) in [6.45, 7) is 7.72. The maximum Gasteiger partial charge on any atom is 0.163 e. The minimum absolute atomic E-state index is 0.0867. The second-order valence-corrected chi connectivity index (χ2v) is 6.02. The molecular formula is C17H24N4O2. The standard InChI is InChI=1S/C17H24N4O2/c1-3-21-12-18-19-17(21)16-11-20(8-9-23-16)10-15(22)14-6-4-13(2)5-7-14/h4-7,12,15-16,22H,3,8-11H2,1-2H3. The van der Waals surface area contributed by atoms with Gasteiger partial charge in [-0.05, 0) is 19.4 Å². The number of benzene rings is 1. The number of hydrogen-bond acceptors (Lipinski definition) is 5. The number of nitrogens with zero attached hydrogens (tertiary/aromatic N) is 4. The zero-order valence-electron chi connectivity index (χ0n) is 13.7. The smallest absolute Gasteiger partial charge is 0.163 e. The molecule has 0 saturated carbocycles. The molecule has 23 heavy (non-hydrogen) atoms. The van der Waals surface area contributed by atoms with Crippen LogP contribution in [0.2, 0.25) is 0 Å². The molecule has 2 aromatic rings. The monoisotopic (exact) mass is 316 g/mol. The Morgan fingerprint density at radius 1 is 1.35 bits per heavy atom. The van der Waals surface area contributed by atoms with Crippen molar-refractivity contribution < 1.29 is 9.84 Å². The quantitative estimate of drug-likeness (QED) is 0.910. The van der Waals surface area contributed by atoms with Gasteiger partial charge < -0.3 is 14.4 Å². The summed E-state index contributed by atoms with van der Waals surface area (Å²) in [6.07, 6.45) is 1.16. The second kappa shape index (κ2) is 7.21. The van der Waals surface area contributed by atoms with Crippen molar-refractivity contribution in [1.82, 2.24) is 19.7 Å². The summed E-state index contributed by atoms with van der Waals surface area (Å²) in [5.74, 6) is 0.863. The number of aliphatic hydroxyl groups excluding tert-OH is 1. The van der Waals surface area contributed by atoms with Crippen LogP contribution in [0.3, 0.4) is 0 Å². The van der Waals surface area contributed by atoms with Crippen molar-refractivity contribution in [1.29, 1.82) is 0 Å². The molecule has 2 heterocycles. The lowest BCUT2D eigenvalue weighted by Gasteiger charge is -2.33.